The van der Waals surface area contributed by atoms with Gasteiger partial charge >= 0.3 is 0 Å². The minimum atomic E-state index is -0.687. The van der Waals surface area contributed by atoms with Crippen molar-refractivity contribution >= 4 is 17.5 Å². The summed E-state index contributed by atoms with van der Waals surface area (Å²) in [6.07, 6.45) is 0.965. The quantitative estimate of drug-likeness (QED) is 0.725. The second kappa shape index (κ2) is 6.78. The van der Waals surface area contributed by atoms with Crippen molar-refractivity contribution in [1.29, 1.82) is 0 Å². The Morgan fingerprint density at radius 1 is 1.37 bits per heavy atom. The maximum atomic E-state index is 12.1. The normalized spacial score (nSPS) is 11.7. The molecule has 1 atom stereocenters. The third-order valence-corrected chi connectivity index (χ3v) is 2.76. The van der Waals surface area contributed by atoms with E-state index in [1.807, 2.05) is 19.1 Å². The van der Waals surface area contributed by atoms with Gasteiger partial charge in [0.2, 0.25) is 5.91 Å². The maximum Gasteiger partial charge on any atom is 0.254 e. The first-order chi connectivity index (χ1) is 8.95. The molecule has 0 fully saturated rings. The molecule has 0 spiro atoms. The van der Waals surface area contributed by atoms with Crippen LogP contribution in [0.2, 0.25) is 0 Å². The van der Waals surface area contributed by atoms with Crippen LogP contribution in [0.3, 0.4) is 0 Å². The zero-order chi connectivity index (χ0) is 14.4. The van der Waals surface area contributed by atoms with Gasteiger partial charge < -0.3 is 16.4 Å². The molecular weight excluding hydrogens is 242 g/mol. The lowest BCUT2D eigenvalue weighted by Crippen LogP contribution is -2.42. The van der Waals surface area contributed by atoms with Crippen molar-refractivity contribution in [3.8, 4) is 0 Å². The summed E-state index contributed by atoms with van der Waals surface area (Å²) in [4.78, 5) is 23.1. The average Bonchev–Trinajstić information content (AvgIpc) is 2.35. The van der Waals surface area contributed by atoms with E-state index in [4.69, 9.17) is 5.73 Å². The van der Waals surface area contributed by atoms with Crippen molar-refractivity contribution in [3.05, 3.63) is 29.3 Å². The van der Waals surface area contributed by atoms with E-state index in [0.717, 1.165) is 24.2 Å². The summed E-state index contributed by atoms with van der Waals surface area (Å²) in [6.45, 7) is 6.37. The van der Waals surface area contributed by atoms with Crippen LogP contribution in [0.25, 0.3) is 0 Å². The van der Waals surface area contributed by atoms with E-state index in [1.54, 1.807) is 13.0 Å². The van der Waals surface area contributed by atoms with E-state index in [9.17, 15) is 9.59 Å². The van der Waals surface area contributed by atoms with Crippen LogP contribution in [0, 0.1) is 6.92 Å². The zero-order valence-electron chi connectivity index (χ0n) is 11.6. The summed E-state index contributed by atoms with van der Waals surface area (Å²) < 4.78 is 0. The molecular formula is C14H21N3O2. The highest BCUT2D eigenvalue weighted by molar-refractivity contribution is 6.01. The summed E-state index contributed by atoms with van der Waals surface area (Å²) in [5.41, 5.74) is 7.50. The number of rotatable bonds is 6. The molecule has 0 saturated heterocycles. The predicted molar refractivity (Wildman–Crippen MR) is 76.1 cm³/mol. The van der Waals surface area contributed by atoms with Gasteiger partial charge in [0.25, 0.3) is 5.91 Å². The number of hydrogen-bond donors (Lipinski definition) is 3. The average molecular weight is 263 g/mol. The lowest BCUT2D eigenvalue weighted by Gasteiger charge is -2.14. The summed E-state index contributed by atoms with van der Waals surface area (Å²) in [7, 11) is 0. The molecule has 19 heavy (non-hydrogen) atoms. The Labute approximate surface area is 113 Å². The topological polar surface area (TPSA) is 84.2 Å². The van der Waals surface area contributed by atoms with Gasteiger partial charge in [0, 0.05) is 12.2 Å². The van der Waals surface area contributed by atoms with Gasteiger partial charge in [0.05, 0.1) is 5.56 Å². The lowest BCUT2D eigenvalue weighted by atomic mass is 10.1. The monoisotopic (exact) mass is 263 g/mol. The van der Waals surface area contributed by atoms with Crippen LogP contribution in [0.1, 0.15) is 36.2 Å². The van der Waals surface area contributed by atoms with Gasteiger partial charge in [-0.25, -0.2) is 0 Å². The van der Waals surface area contributed by atoms with Crippen LogP contribution in [-0.2, 0) is 4.79 Å². The smallest absolute Gasteiger partial charge is 0.254 e. The molecule has 0 aliphatic heterocycles. The standard InChI is InChI=1S/C14H21N3O2/c1-4-7-16-12-8-9(2)5-6-11(12)14(19)17-10(3)13(15)18/h5-6,8,10,16H,4,7H2,1-3H3,(H2,15,18)(H,17,19). The molecule has 4 N–H and O–H groups in total. The van der Waals surface area contributed by atoms with Crippen LogP contribution < -0.4 is 16.4 Å². The van der Waals surface area contributed by atoms with Gasteiger partial charge in [-0.05, 0) is 38.0 Å². The predicted octanol–water partition coefficient (Wildman–Crippen LogP) is 1.42. The first-order valence-electron chi connectivity index (χ1n) is 6.40. The number of nitrogens with one attached hydrogen (secondary N) is 2. The number of benzene rings is 1. The molecule has 1 rings (SSSR count). The second-order valence-corrected chi connectivity index (χ2v) is 4.57. The minimum absolute atomic E-state index is 0.301. The molecule has 1 aromatic rings. The lowest BCUT2D eigenvalue weighted by molar-refractivity contribution is -0.119. The molecule has 0 saturated carbocycles. The van der Waals surface area contributed by atoms with Crippen molar-refractivity contribution in [2.75, 3.05) is 11.9 Å². The van der Waals surface area contributed by atoms with Crippen molar-refractivity contribution in [1.82, 2.24) is 5.32 Å². The first kappa shape index (κ1) is 15.0. The highest BCUT2D eigenvalue weighted by Crippen LogP contribution is 2.17. The number of amides is 2. The molecule has 5 heteroatoms. The van der Waals surface area contributed by atoms with Crippen LogP contribution in [0.5, 0.6) is 0 Å². The van der Waals surface area contributed by atoms with E-state index in [0.29, 0.717) is 5.56 Å². The van der Waals surface area contributed by atoms with Gasteiger partial charge in [0.15, 0.2) is 0 Å². The van der Waals surface area contributed by atoms with Gasteiger partial charge in [0.1, 0.15) is 6.04 Å². The third kappa shape index (κ3) is 4.28. The number of hydrogen-bond acceptors (Lipinski definition) is 3. The number of primary amides is 1. The fraction of sp³-hybridized carbons (Fsp3) is 0.429. The van der Waals surface area contributed by atoms with Crippen LogP contribution in [0.15, 0.2) is 18.2 Å². The number of anilines is 1. The van der Waals surface area contributed by atoms with Crippen molar-refractivity contribution in [2.45, 2.75) is 33.2 Å². The van der Waals surface area contributed by atoms with Gasteiger partial charge in [-0.3, -0.25) is 9.59 Å². The van der Waals surface area contributed by atoms with Gasteiger partial charge in [-0.1, -0.05) is 13.0 Å². The SMILES string of the molecule is CCCNc1cc(C)ccc1C(=O)NC(C)C(N)=O. The van der Waals surface area contributed by atoms with E-state index >= 15 is 0 Å². The molecule has 1 unspecified atom stereocenters. The van der Waals surface area contributed by atoms with Crippen molar-refractivity contribution < 1.29 is 9.59 Å². The number of carbonyl (C=O) groups excluding carboxylic acids is 2. The first-order valence-corrected chi connectivity index (χ1v) is 6.40. The fourth-order valence-corrected chi connectivity index (χ4v) is 1.61. The molecule has 104 valence electrons. The summed E-state index contributed by atoms with van der Waals surface area (Å²) in [5, 5.41) is 5.79. The molecule has 2 amide bonds. The molecule has 0 aliphatic carbocycles. The van der Waals surface area contributed by atoms with E-state index < -0.39 is 11.9 Å². The van der Waals surface area contributed by atoms with E-state index in [1.165, 1.54) is 0 Å². The van der Waals surface area contributed by atoms with Crippen LogP contribution in [-0.4, -0.2) is 24.4 Å². The third-order valence-electron chi connectivity index (χ3n) is 2.76. The largest absolute Gasteiger partial charge is 0.384 e. The number of carbonyl (C=O) groups is 2. The molecule has 5 nitrogen and oxygen atoms in total. The Kier molecular flexibility index (Phi) is 5.36. The van der Waals surface area contributed by atoms with E-state index in [2.05, 4.69) is 17.6 Å². The van der Waals surface area contributed by atoms with Crippen LogP contribution in [0.4, 0.5) is 5.69 Å². The molecule has 1 aromatic carbocycles. The Hall–Kier alpha value is -2.04. The van der Waals surface area contributed by atoms with Crippen molar-refractivity contribution in [3.63, 3.8) is 0 Å². The molecule has 0 aromatic heterocycles. The van der Waals surface area contributed by atoms with Gasteiger partial charge in [-0.2, -0.15) is 0 Å². The molecule has 0 bridgehead atoms. The highest BCUT2D eigenvalue weighted by atomic mass is 16.2. The van der Waals surface area contributed by atoms with Crippen LogP contribution >= 0.6 is 0 Å². The zero-order valence-corrected chi connectivity index (χ0v) is 11.6. The minimum Gasteiger partial charge on any atom is -0.384 e. The number of aryl methyl sites for hydroxylation is 1. The highest BCUT2D eigenvalue weighted by Gasteiger charge is 2.16. The fourth-order valence-electron chi connectivity index (χ4n) is 1.61. The Balaban J connectivity index is 2.91. The summed E-state index contributed by atoms with van der Waals surface area (Å²) in [6, 6.07) is 4.84. The molecule has 0 heterocycles. The Bertz CT molecular complexity index is 472. The summed E-state index contributed by atoms with van der Waals surface area (Å²) >= 11 is 0. The van der Waals surface area contributed by atoms with E-state index in [-0.39, 0.29) is 5.91 Å². The summed E-state index contributed by atoms with van der Waals surface area (Å²) in [5.74, 6) is -0.853. The van der Waals surface area contributed by atoms with Gasteiger partial charge in [-0.15, -0.1) is 0 Å². The number of nitrogens with two attached hydrogens (primary N) is 1. The Morgan fingerprint density at radius 2 is 2.05 bits per heavy atom. The second-order valence-electron chi connectivity index (χ2n) is 4.57. The molecule has 0 radical (unpaired) electrons. The Morgan fingerprint density at radius 3 is 2.63 bits per heavy atom. The maximum absolute atomic E-state index is 12.1. The van der Waals surface area contributed by atoms with Crippen molar-refractivity contribution in [2.24, 2.45) is 5.73 Å². The molecule has 0 aliphatic rings.